The number of nitrogens with one attached hydrogen (secondary N) is 1. The Hall–Kier alpha value is -1.38. The van der Waals surface area contributed by atoms with E-state index in [1.54, 1.807) is 6.33 Å². The standard InChI is InChI=1S/C9H11N3/c1-5-6(2)12-9-8(5)7(3)10-4-11-9/h4H,1-3H3,(H,10,11,12). The van der Waals surface area contributed by atoms with E-state index in [1.165, 1.54) is 11.3 Å². The van der Waals surface area contributed by atoms with Crippen molar-refractivity contribution in [2.75, 3.05) is 0 Å². The Morgan fingerprint density at radius 3 is 2.58 bits per heavy atom. The summed E-state index contributed by atoms with van der Waals surface area (Å²) in [7, 11) is 0. The van der Waals surface area contributed by atoms with Gasteiger partial charge in [0, 0.05) is 11.1 Å². The van der Waals surface area contributed by atoms with Gasteiger partial charge in [-0.25, -0.2) is 9.97 Å². The third-order valence-corrected chi connectivity index (χ3v) is 2.28. The van der Waals surface area contributed by atoms with E-state index in [1.807, 2.05) is 6.92 Å². The van der Waals surface area contributed by atoms with Crippen molar-refractivity contribution < 1.29 is 0 Å². The molecule has 0 atom stereocenters. The Kier molecular flexibility index (Phi) is 1.40. The van der Waals surface area contributed by atoms with Crippen LogP contribution in [0, 0.1) is 20.8 Å². The molecular formula is C9H11N3. The summed E-state index contributed by atoms with van der Waals surface area (Å²) in [5.41, 5.74) is 4.41. The van der Waals surface area contributed by atoms with Crippen molar-refractivity contribution in [2.24, 2.45) is 0 Å². The Labute approximate surface area is 70.9 Å². The molecule has 0 radical (unpaired) electrons. The molecule has 2 aromatic heterocycles. The van der Waals surface area contributed by atoms with Gasteiger partial charge >= 0.3 is 0 Å². The number of H-pyrrole nitrogens is 1. The summed E-state index contributed by atoms with van der Waals surface area (Å²) in [6.07, 6.45) is 1.59. The van der Waals surface area contributed by atoms with Crippen molar-refractivity contribution in [1.29, 1.82) is 0 Å². The SMILES string of the molecule is Cc1[nH]c2ncnc(C)c2c1C. The normalized spacial score (nSPS) is 10.9. The maximum atomic E-state index is 4.16. The van der Waals surface area contributed by atoms with Gasteiger partial charge in [-0.05, 0) is 26.3 Å². The van der Waals surface area contributed by atoms with Crippen LogP contribution < -0.4 is 0 Å². The third kappa shape index (κ3) is 0.826. The fraction of sp³-hybridized carbons (Fsp3) is 0.333. The maximum absolute atomic E-state index is 4.16. The van der Waals surface area contributed by atoms with E-state index in [2.05, 4.69) is 28.8 Å². The molecule has 0 aliphatic carbocycles. The van der Waals surface area contributed by atoms with E-state index < -0.39 is 0 Å². The average molecular weight is 161 g/mol. The van der Waals surface area contributed by atoms with Gasteiger partial charge in [-0.3, -0.25) is 0 Å². The van der Waals surface area contributed by atoms with E-state index in [0.717, 1.165) is 16.7 Å². The first-order chi connectivity index (χ1) is 5.70. The van der Waals surface area contributed by atoms with Gasteiger partial charge in [-0.2, -0.15) is 0 Å². The van der Waals surface area contributed by atoms with Gasteiger partial charge < -0.3 is 4.98 Å². The first-order valence-corrected chi connectivity index (χ1v) is 3.96. The summed E-state index contributed by atoms with van der Waals surface area (Å²) in [6, 6.07) is 0. The molecule has 2 aromatic rings. The van der Waals surface area contributed by atoms with Gasteiger partial charge in [0.25, 0.3) is 0 Å². The minimum absolute atomic E-state index is 0.942. The van der Waals surface area contributed by atoms with Crippen LogP contribution in [0.4, 0.5) is 0 Å². The highest BCUT2D eigenvalue weighted by Crippen LogP contribution is 2.20. The molecule has 0 fully saturated rings. The van der Waals surface area contributed by atoms with Gasteiger partial charge in [0.05, 0.1) is 5.69 Å². The molecule has 3 nitrogen and oxygen atoms in total. The van der Waals surface area contributed by atoms with Gasteiger partial charge in [0.1, 0.15) is 12.0 Å². The number of nitrogens with zero attached hydrogens (tertiary/aromatic N) is 2. The van der Waals surface area contributed by atoms with Crippen LogP contribution in [-0.4, -0.2) is 15.0 Å². The number of aromatic nitrogens is 3. The molecule has 3 heteroatoms. The van der Waals surface area contributed by atoms with Crippen molar-refractivity contribution in [3.63, 3.8) is 0 Å². The maximum Gasteiger partial charge on any atom is 0.141 e. The first-order valence-electron chi connectivity index (χ1n) is 3.96. The molecule has 0 spiro atoms. The summed E-state index contributed by atoms with van der Waals surface area (Å²) in [5, 5.41) is 1.16. The smallest absolute Gasteiger partial charge is 0.141 e. The molecule has 0 saturated carbocycles. The van der Waals surface area contributed by atoms with Crippen molar-refractivity contribution in [3.8, 4) is 0 Å². The lowest BCUT2D eigenvalue weighted by Crippen LogP contribution is -1.84. The lowest BCUT2D eigenvalue weighted by atomic mass is 10.2. The summed E-state index contributed by atoms with van der Waals surface area (Å²) in [4.78, 5) is 11.5. The van der Waals surface area contributed by atoms with Crippen molar-refractivity contribution in [1.82, 2.24) is 15.0 Å². The number of aromatic amines is 1. The van der Waals surface area contributed by atoms with Crippen molar-refractivity contribution in [3.05, 3.63) is 23.3 Å². The number of rotatable bonds is 0. The van der Waals surface area contributed by atoms with E-state index in [9.17, 15) is 0 Å². The second-order valence-electron chi connectivity index (χ2n) is 3.06. The largest absolute Gasteiger partial charge is 0.343 e. The summed E-state index contributed by atoms with van der Waals surface area (Å²) in [5.74, 6) is 0. The molecule has 0 bridgehead atoms. The highest BCUT2D eigenvalue weighted by molar-refractivity contribution is 5.82. The zero-order valence-corrected chi connectivity index (χ0v) is 7.47. The van der Waals surface area contributed by atoms with Crippen LogP contribution in [0.15, 0.2) is 6.33 Å². The summed E-state index contributed by atoms with van der Waals surface area (Å²) in [6.45, 7) is 6.14. The molecule has 1 N–H and O–H groups in total. The summed E-state index contributed by atoms with van der Waals surface area (Å²) < 4.78 is 0. The Bertz CT molecular complexity index is 429. The van der Waals surface area contributed by atoms with E-state index in [0.29, 0.717) is 0 Å². The molecular weight excluding hydrogens is 150 g/mol. The van der Waals surface area contributed by atoms with Crippen molar-refractivity contribution in [2.45, 2.75) is 20.8 Å². The zero-order valence-electron chi connectivity index (χ0n) is 7.47. The molecule has 0 aromatic carbocycles. The van der Waals surface area contributed by atoms with E-state index in [-0.39, 0.29) is 0 Å². The molecule has 2 rings (SSSR count). The lowest BCUT2D eigenvalue weighted by molar-refractivity contribution is 1.14. The molecule has 0 saturated heterocycles. The van der Waals surface area contributed by atoms with Gasteiger partial charge in [0.2, 0.25) is 0 Å². The van der Waals surface area contributed by atoms with E-state index in [4.69, 9.17) is 0 Å². The van der Waals surface area contributed by atoms with Crippen molar-refractivity contribution >= 4 is 11.0 Å². The fourth-order valence-electron chi connectivity index (χ4n) is 1.48. The minimum Gasteiger partial charge on any atom is -0.343 e. The molecule has 0 amide bonds. The minimum atomic E-state index is 0.942. The monoisotopic (exact) mass is 161 g/mol. The molecule has 2 heterocycles. The Morgan fingerprint density at radius 1 is 1.17 bits per heavy atom. The molecule has 12 heavy (non-hydrogen) atoms. The fourth-order valence-corrected chi connectivity index (χ4v) is 1.48. The number of hydrogen-bond donors (Lipinski definition) is 1. The number of fused-ring (bicyclic) bond motifs is 1. The average Bonchev–Trinajstić information content (AvgIpc) is 2.29. The molecule has 0 aliphatic heterocycles. The zero-order chi connectivity index (χ0) is 8.72. The van der Waals surface area contributed by atoms with Crippen LogP contribution in [0.1, 0.15) is 17.0 Å². The van der Waals surface area contributed by atoms with Gasteiger partial charge in [0.15, 0.2) is 0 Å². The quantitative estimate of drug-likeness (QED) is 0.641. The Morgan fingerprint density at radius 2 is 1.92 bits per heavy atom. The van der Waals surface area contributed by atoms with Crippen LogP contribution in [0.25, 0.3) is 11.0 Å². The molecule has 0 aliphatic rings. The number of aryl methyl sites for hydroxylation is 3. The van der Waals surface area contributed by atoms with Crippen LogP contribution in [0.5, 0.6) is 0 Å². The highest BCUT2D eigenvalue weighted by Gasteiger charge is 2.06. The van der Waals surface area contributed by atoms with E-state index >= 15 is 0 Å². The third-order valence-electron chi connectivity index (χ3n) is 2.28. The Balaban J connectivity index is 2.97. The predicted molar refractivity (Wildman–Crippen MR) is 48.1 cm³/mol. The van der Waals surface area contributed by atoms with Gasteiger partial charge in [-0.1, -0.05) is 0 Å². The highest BCUT2D eigenvalue weighted by atomic mass is 14.9. The predicted octanol–water partition coefficient (Wildman–Crippen LogP) is 1.88. The van der Waals surface area contributed by atoms with Crippen LogP contribution in [-0.2, 0) is 0 Å². The second kappa shape index (κ2) is 2.30. The first kappa shape index (κ1) is 7.28. The van der Waals surface area contributed by atoms with Crippen LogP contribution in [0.3, 0.4) is 0 Å². The second-order valence-corrected chi connectivity index (χ2v) is 3.06. The molecule has 0 unspecified atom stereocenters. The van der Waals surface area contributed by atoms with Gasteiger partial charge in [-0.15, -0.1) is 0 Å². The topological polar surface area (TPSA) is 41.6 Å². The number of hydrogen-bond acceptors (Lipinski definition) is 2. The van der Waals surface area contributed by atoms with Crippen LogP contribution in [0.2, 0.25) is 0 Å². The van der Waals surface area contributed by atoms with Crippen LogP contribution >= 0.6 is 0 Å². The molecule has 62 valence electrons. The summed E-state index contributed by atoms with van der Waals surface area (Å²) >= 11 is 0. The lowest BCUT2D eigenvalue weighted by Gasteiger charge is -1.93.